The zero-order valence-corrected chi connectivity index (χ0v) is 11.4. The molecule has 1 aromatic carbocycles. The van der Waals surface area contributed by atoms with E-state index < -0.39 is 0 Å². The second-order valence-corrected chi connectivity index (χ2v) is 5.33. The third-order valence-corrected chi connectivity index (χ3v) is 3.92. The molecule has 0 saturated carbocycles. The van der Waals surface area contributed by atoms with Crippen LogP contribution >= 0.6 is 27.3 Å². The van der Waals surface area contributed by atoms with Gasteiger partial charge in [-0.3, -0.25) is 11.3 Å². The van der Waals surface area contributed by atoms with Gasteiger partial charge in [0, 0.05) is 5.56 Å². The fraction of sp³-hybridized carbons (Fsp3) is 0.167. The zero-order chi connectivity index (χ0) is 12.3. The molecule has 0 aliphatic carbocycles. The molecule has 2 aromatic rings. The summed E-state index contributed by atoms with van der Waals surface area (Å²) >= 11 is 4.80. The van der Waals surface area contributed by atoms with Gasteiger partial charge in [0.1, 0.15) is 5.82 Å². The maximum atomic E-state index is 13.9. The van der Waals surface area contributed by atoms with Crippen molar-refractivity contribution < 1.29 is 4.39 Å². The topological polar surface area (TPSA) is 38.0 Å². The fourth-order valence-electron chi connectivity index (χ4n) is 1.69. The third kappa shape index (κ3) is 2.93. The SMILES string of the molecule is NNC(Cc1ccsc1)c1cccc(Br)c1F. The molecule has 0 saturated heterocycles. The summed E-state index contributed by atoms with van der Waals surface area (Å²) < 4.78 is 14.4. The van der Waals surface area contributed by atoms with Gasteiger partial charge in [-0.05, 0) is 50.8 Å². The smallest absolute Gasteiger partial charge is 0.142 e. The molecule has 90 valence electrons. The van der Waals surface area contributed by atoms with E-state index >= 15 is 0 Å². The molecule has 0 bridgehead atoms. The van der Waals surface area contributed by atoms with Gasteiger partial charge in [-0.2, -0.15) is 11.3 Å². The Morgan fingerprint density at radius 1 is 1.41 bits per heavy atom. The van der Waals surface area contributed by atoms with E-state index in [-0.39, 0.29) is 11.9 Å². The first-order valence-corrected chi connectivity index (χ1v) is 6.87. The maximum absolute atomic E-state index is 13.9. The standard InChI is InChI=1S/C12H12BrFN2S/c13-10-3-1-2-9(12(10)14)11(16-15)6-8-4-5-17-7-8/h1-5,7,11,16H,6,15H2. The van der Waals surface area contributed by atoms with E-state index in [4.69, 9.17) is 5.84 Å². The summed E-state index contributed by atoms with van der Waals surface area (Å²) in [6.45, 7) is 0. The molecule has 5 heteroatoms. The van der Waals surface area contributed by atoms with Crippen LogP contribution in [0, 0.1) is 5.82 Å². The molecule has 1 atom stereocenters. The van der Waals surface area contributed by atoms with E-state index in [1.165, 1.54) is 0 Å². The van der Waals surface area contributed by atoms with Crippen molar-refractivity contribution in [3.05, 3.63) is 56.4 Å². The monoisotopic (exact) mass is 314 g/mol. The lowest BCUT2D eigenvalue weighted by Gasteiger charge is -2.17. The van der Waals surface area contributed by atoms with Crippen LogP contribution in [0.15, 0.2) is 39.5 Å². The zero-order valence-electron chi connectivity index (χ0n) is 8.99. The van der Waals surface area contributed by atoms with Gasteiger partial charge < -0.3 is 0 Å². The summed E-state index contributed by atoms with van der Waals surface area (Å²) in [4.78, 5) is 0. The highest BCUT2D eigenvalue weighted by molar-refractivity contribution is 9.10. The number of hydrogen-bond acceptors (Lipinski definition) is 3. The first kappa shape index (κ1) is 12.7. The molecule has 1 aromatic heterocycles. The largest absolute Gasteiger partial charge is 0.271 e. The van der Waals surface area contributed by atoms with E-state index in [2.05, 4.69) is 21.4 Å². The van der Waals surface area contributed by atoms with E-state index in [0.29, 0.717) is 16.5 Å². The van der Waals surface area contributed by atoms with Gasteiger partial charge in [-0.1, -0.05) is 12.1 Å². The Balaban J connectivity index is 2.26. The number of nitrogens with one attached hydrogen (secondary N) is 1. The minimum Gasteiger partial charge on any atom is -0.271 e. The van der Waals surface area contributed by atoms with Gasteiger partial charge in [0.2, 0.25) is 0 Å². The minimum atomic E-state index is -0.259. The average Bonchev–Trinajstić information content (AvgIpc) is 2.83. The quantitative estimate of drug-likeness (QED) is 0.670. The van der Waals surface area contributed by atoms with Crippen LogP contribution in [-0.4, -0.2) is 0 Å². The third-order valence-electron chi connectivity index (χ3n) is 2.58. The summed E-state index contributed by atoms with van der Waals surface area (Å²) in [6, 6.07) is 7.03. The van der Waals surface area contributed by atoms with E-state index in [0.717, 1.165) is 5.56 Å². The van der Waals surface area contributed by atoms with Crippen molar-refractivity contribution in [3.63, 3.8) is 0 Å². The predicted molar refractivity (Wildman–Crippen MR) is 72.2 cm³/mol. The highest BCUT2D eigenvalue weighted by Gasteiger charge is 2.16. The number of halogens is 2. The number of benzene rings is 1. The molecule has 1 heterocycles. The number of rotatable bonds is 4. The first-order chi connectivity index (χ1) is 8.22. The lowest BCUT2D eigenvalue weighted by Crippen LogP contribution is -2.30. The number of hydrogen-bond donors (Lipinski definition) is 2. The maximum Gasteiger partial charge on any atom is 0.142 e. The van der Waals surface area contributed by atoms with Crippen LogP contribution in [-0.2, 0) is 6.42 Å². The molecule has 3 N–H and O–H groups in total. The molecule has 0 fully saturated rings. The second kappa shape index (κ2) is 5.73. The van der Waals surface area contributed by atoms with Crippen molar-refractivity contribution in [2.75, 3.05) is 0 Å². The molecule has 0 aliphatic rings. The average molecular weight is 315 g/mol. The van der Waals surface area contributed by atoms with E-state index in [1.54, 1.807) is 29.5 Å². The molecule has 2 nitrogen and oxygen atoms in total. The highest BCUT2D eigenvalue weighted by Crippen LogP contribution is 2.26. The van der Waals surface area contributed by atoms with E-state index in [1.807, 2.05) is 16.8 Å². The Labute approximate surface area is 112 Å². The van der Waals surface area contributed by atoms with Crippen LogP contribution in [0.4, 0.5) is 4.39 Å². The van der Waals surface area contributed by atoms with Crippen molar-refractivity contribution in [1.82, 2.24) is 5.43 Å². The van der Waals surface area contributed by atoms with Crippen LogP contribution in [0.25, 0.3) is 0 Å². The fourth-order valence-corrected chi connectivity index (χ4v) is 2.76. The molecule has 17 heavy (non-hydrogen) atoms. The summed E-state index contributed by atoms with van der Waals surface area (Å²) in [5, 5.41) is 4.04. The molecule has 0 amide bonds. The number of thiophene rings is 1. The molecule has 1 unspecified atom stereocenters. The molecule has 0 radical (unpaired) electrons. The molecular formula is C12H12BrFN2S. The Morgan fingerprint density at radius 3 is 2.88 bits per heavy atom. The van der Waals surface area contributed by atoms with Crippen LogP contribution in [0.3, 0.4) is 0 Å². The van der Waals surface area contributed by atoms with Gasteiger partial charge >= 0.3 is 0 Å². The van der Waals surface area contributed by atoms with Gasteiger partial charge in [-0.15, -0.1) is 0 Å². The van der Waals surface area contributed by atoms with Crippen molar-refractivity contribution in [2.24, 2.45) is 5.84 Å². The molecule has 0 spiro atoms. The highest BCUT2D eigenvalue weighted by atomic mass is 79.9. The van der Waals surface area contributed by atoms with Crippen LogP contribution in [0.2, 0.25) is 0 Å². The Bertz CT molecular complexity index is 487. The van der Waals surface area contributed by atoms with Crippen LogP contribution < -0.4 is 11.3 Å². The summed E-state index contributed by atoms with van der Waals surface area (Å²) in [5.41, 5.74) is 4.40. The van der Waals surface area contributed by atoms with Gasteiger partial charge in [0.15, 0.2) is 0 Å². The van der Waals surface area contributed by atoms with Crippen molar-refractivity contribution >= 4 is 27.3 Å². The number of nitrogens with two attached hydrogens (primary N) is 1. The first-order valence-electron chi connectivity index (χ1n) is 5.13. The van der Waals surface area contributed by atoms with Gasteiger partial charge in [-0.25, -0.2) is 4.39 Å². The Morgan fingerprint density at radius 2 is 2.24 bits per heavy atom. The summed E-state index contributed by atoms with van der Waals surface area (Å²) in [5.74, 6) is 5.25. The second-order valence-electron chi connectivity index (χ2n) is 3.70. The normalized spacial score (nSPS) is 12.6. The molecule has 0 aliphatic heterocycles. The van der Waals surface area contributed by atoms with E-state index in [9.17, 15) is 4.39 Å². The van der Waals surface area contributed by atoms with Crippen molar-refractivity contribution in [3.8, 4) is 0 Å². The minimum absolute atomic E-state index is 0.220. The summed E-state index contributed by atoms with van der Waals surface area (Å²) in [6.07, 6.45) is 0.674. The van der Waals surface area contributed by atoms with Crippen molar-refractivity contribution in [2.45, 2.75) is 12.5 Å². The lowest BCUT2D eigenvalue weighted by atomic mass is 10.0. The Kier molecular flexibility index (Phi) is 4.28. The van der Waals surface area contributed by atoms with Gasteiger partial charge in [0.25, 0.3) is 0 Å². The van der Waals surface area contributed by atoms with Gasteiger partial charge in [0.05, 0.1) is 10.5 Å². The molecular weight excluding hydrogens is 303 g/mol. The lowest BCUT2D eigenvalue weighted by molar-refractivity contribution is 0.508. The Hall–Kier alpha value is -0.750. The van der Waals surface area contributed by atoms with Crippen LogP contribution in [0.1, 0.15) is 17.2 Å². The summed E-state index contributed by atoms with van der Waals surface area (Å²) in [7, 11) is 0. The number of hydrazine groups is 1. The van der Waals surface area contributed by atoms with Crippen molar-refractivity contribution in [1.29, 1.82) is 0 Å². The predicted octanol–water partition coefficient (Wildman–Crippen LogP) is 3.40. The molecule has 2 rings (SSSR count). The van der Waals surface area contributed by atoms with Crippen LogP contribution in [0.5, 0.6) is 0 Å².